The van der Waals surface area contributed by atoms with Crippen LogP contribution >= 0.6 is 11.8 Å². The standard InChI is InChI=1S/C17H19NOS/c1-13-9-10-15(20-3)11-16(13)17(19)18(2)12-14-7-5-4-6-8-14/h4-11H,12H2,1-3H3. The second kappa shape index (κ2) is 6.62. The van der Waals surface area contributed by atoms with Gasteiger partial charge >= 0.3 is 0 Å². The molecule has 2 nitrogen and oxygen atoms in total. The molecule has 0 saturated heterocycles. The van der Waals surface area contributed by atoms with Gasteiger partial charge in [-0.05, 0) is 36.4 Å². The first-order valence-corrected chi connectivity index (χ1v) is 7.78. The summed E-state index contributed by atoms with van der Waals surface area (Å²) < 4.78 is 0. The van der Waals surface area contributed by atoms with Crippen LogP contribution in [0.3, 0.4) is 0 Å². The highest BCUT2D eigenvalue weighted by Crippen LogP contribution is 2.20. The first-order valence-electron chi connectivity index (χ1n) is 6.56. The second-order valence-electron chi connectivity index (χ2n) is 4.83. The van der Waals surface area contributed by atoms with Crippen molar-refractivity contribution in [3.05, 3.63) is 65.2 Å². The summed E-state index contributed by atoms with van der Waals surface area (Å²) in [7, 11) is 1.85. The van der Waals surface area contributed by atoms with Gasteiger partial charge < -0.3 is 4.90 Å². The van der Waals surface area contributed by atoms with Gasteiger partial charge in [0.05, 0.1) is 0 Å². The van der Waals surface area contributed by atoms with Gasteiger partial charge in [0.15, 0.2) is 0 Å². The largest absolute Gasteiger partial charge is 0.337 e. The number of rotatable bonds is 4. The number of carbonyl (C=O) groups excluding carboxylic acids is 1. The van der Waals surface area contributed by atoms with Crippen LogP contribution in [-0.2, 0) is 6.54 Å². The molecule has 0 saturated carbocycles. The topological polar surface area (TPSA) is 20.3 Å². The average Bonchev–Trinajstić information content (AvgIpc) is 2.48. The fourth-order valence-corrected chi connectivity index (χ4v) is 2.53. The monoisotopic (exact) mass is 285 g/mol. The van der Waals surface area contributed by atoms with Gasteiger partial charge in [-0.1, -0.05) is 36.4 Å². The van der Waals surface area contributed by atoms with E-state index in [4.69, 9.17) is 0 Å². The van der Waals surface area contributed by atoms with Crippen molar-refractivity contribution < 1.29 is 4.79 Å². The van der Waals surface area contributed by atoms with Gasteiger partial charge in [0.2, 0.25) is 0 Å². The first kappa shape index (κ1) is 14.7. The Balaban J connectivity index is 2.18. The smallest absolute Gasteiger partial charge is 0.254 e. The molecule has 1 amide bonds. The number of amides is 1. The lowest BCUT2D eigenvalue weighted by Gasteiger charge is -2.19. The molecule has 0 N–H and O–H groups in total. The van der Waals surface area contributed by atoms with Crippen molar-refractivity contribution in [2.45, 2.75) is 18.4 Å². The summed E-state index contributed by atoms with van der Waals surface area (Å²) in [6.45, 7) is 2.61. The average molecular weight is 285 g/mol. The van der Waals surface area contributed by atoms with Crippen LogP contribution in [0, 0.1) is 6.92 Å². The molecule has 0 aliphatic rings. The third-order valence-electron chi connectivity index (χ3n) is 3.28. The molecule has 0 unspecified atom stereocenters. The molecule has 0 spiro atoms. The number of hydrogen-bond donors (Lipinski definition) is 0. The number of nitrogens with zero attached hydrogens (tertiary/aromatic N) is 1. The molecule has 0 aromatic heterocycles. The Kier molecular flexibility index (Phi) is 4.85. The van der Waals surface area contributed by atoms with Gasteiger partial charge in [-0.15, -0.1) is 11.8 Å². The summed E-state index contributed by atoms with van der Waals surface area (Å²) in [4.78, 5) is 15.4. The van der Waals surface area contributed by atoms with E-state index in [1.165, 1.54) is 0 Å². The summed E-state index contributed by atoms with van der Waals surface area (Å²) >= 11 is 1.65. The summed E-state index contributed by atoms with van der Waals surface area (Å²) in [6.07, 6.45) is 2.02. The van der Waals surface area contributed by atoms with Crippen molar-refractivity contribution in [2.24, 2.45) is 0 Å². The lowest BCUT2D eigenvalue weighted by Crippen LogP contribution is -2.26. The van der Waals surface area contributed by atoms with Crippen LogP contribution in [0.4, 0.5) is 0 Å². The zero-order valence-corrected chi connectivity index (χ0v) is 12.9. The highest BCUT2D eigenvalue weighted by Gasteiger charge is 2.14. The van der Waals surface area contributed by atoms with Gasteiger partial charge in [-0.2, -0.15) is 0 Å². The summed E-state index contributed by atoms with van der Waals surface area (Å²) in [5, 5.41) is 0. The molecule has 0 radical (unpaired) electrons. The molecular weight excluding hydrogens is 266 g/mol. The summed E-state index contributed by atoms with van der Waals surface area (Å²) in [6, 6.07) is 16.1. The molecule has 2 aromatic carbocycles. The Morgan fingerprint density at radius 1 is 1.15 bits per heavy atom. The zero-order valence-electron chi connectivity index (χ0n) is 12.1. The zero-order chi connectivity index (χ0) is 14.5. The minimum absolute atomic E-state index is 0.0715. The van der Waals surface area contributed by atoms with Gasteiger partial charge in [0.25, 0.3) is 5.91 Å². The predicted molar refractivity (Wildman–Crippen MR) is 85.2 cm³/mol. The Bertz CT molecular complexity index is 595. The molecule has 104 valence electrons. The van der Waals surface area contributed by atoms with Crippen molar-refractivity contribution in [1.82, 2.24) is 4.90 Å². The molecule has 3 heteroatoms. The van der Waals surface area contributed by atoms with Crippen LogP contribution < -0.4 is 0 Å². The van der Waals surface area contributed by atoms with E-state index in [-0.39, 0.29) is 5.91 Å². The number of benzene rings is 2. The normalized spacial score (nSPS) is 10.3. The maximum atomic E-state index is 12.6. The third-order valence-corrected chi connectivity index (χ3v) is 4.01. The molecular formula is C17H19NOS. The summed E-state index contributed by atoms with van der Waals surface area (Å²) in [5.74, 6) is 0.0715. The number of hydrogen-bond acceptors (Lipinski definition) is 2. The van der Waals surface area contributed by atoms with E-state index in [1.54, 1.807) is 16.7 Å². The number of thioether (sulfide) groups is 1. The molecule has 0 aliphatic heterocycles. The van der Waals surface area contributed by atoms with Crippen LogP contribution in [0.15, 0.2) is 53.4 Å². The second-order valence-corrected chi connectivity index (χ2v) is 5.71. The Morgan fingerprint density at radius 3 is 2.50 bits per heavy atom. The SMILES string of the molecule is CSc1ccc(C)c(C(=O)N(C)Cc2ccccc2)c1. The van der Waals surface area contributed by atoms with Crippen molar-refractivity contribution in [3.8, 4) is 0 Å². The van der Waals surface area contributed by atoms with Crippen molar-refractivity contribution in [3.63, 3.8) is 0 Å². The van der Waals surface area contributed by atoms with Crippen LogP contribution in [-0.4, -0.2) is 24.1 Å². The minimum atomic E-state index is 0.0715. The molecule has 0 atom stereocenters. The highest BCUT2D eigenvalue weighted by atomic mass is 32.2. The van der Waals surface area contributed by atoms with Crippen LogP contribution in [0.1, 0.15) is 21.5 Å². The van der Waals surface area contributed by atoms with E-state index in [1.807, 2.05) is 68.8 Å². The van der Waals surface area contributed by atoms with Crippen LogP contribution in [0.25, 0.3) is 0 Å². The Labute approximate surface area is 124 Å². The predicted octanol–water partition coefficient (Wildman–Crippen LogP) is 3.99. The maximum absolute atomic E-state index is 12.6. The first-order chi connectivity index (χ1) is 9.61. The van der Waals surface area contributed by atoms with Crippen LogP contribution in [0.2, 0.25) is 0 Å². The van der Waals surface area contributed by atoms with E-state index in [0.29, 0.717) is 6.54 Å². The number of carbonyl (C=O) groups is 1. The van der Waals surface area contributed by atoms with Gasteiger partial charge in [-0.3, -0.25) is 4.79 Å². The van der Waals surface area contributed by atoms with E-state index >= 15 is 0 Å². The quantitative estimate of drug-likeness (QED) is 0.792. The van der Waals surface area contributed by atoms with E-state index in [9.17, 15) is 4.79 Å². The molecule has 0 aliphatic carbocycles. The fourth-order valence-electron chi connectivity index (χ4n) is 2.09. The molecule has 0 bridgehead atoms. The Morgan fingerprint density at radius 2 is 1.85 bits per heavy atom. The van der Waals surface area contributed by atoms with E-state index in [2.05, 4.69) is 0 Å². The molecule has 0 fully saturated rings. The molecule has 0 heterocycles. The van der Waals surface area contributed by atoms with Gasteiger partial charge in [-0.25, -0.2) is 0 Å². The lowest BCUT2D eigenvalue weighted by molar-refractivity contribution is 0.0784. The van der Waals surface area contributed by atoms with Crippen molar-refractivity contribution in [2.75, 3.05) is 13.3 Å². The third kappa shape index (κ3) is 3.42. The van der Waals surface area contributed by atoms with Gasteiger partial charge in [0, 0.05) is 24.1 Å². The highest BCUT2D eigenvalue weighted by molar-refractivity contribution is 7.98. The van der Waals surface area contributed by atoms with E-state index < -0.39 is 0 Å². The molecule has 2 aromatic rings. The maximum Gasteiger partial charge on any atom is 0.254 e. The number of aryl methyl sites for hydroxylation is 1. The van der Waals surface area contributed by atoms with Crippen LogP contribution in [0.5, 0.6) is 0 Å². The molecule has 2 rings (SSSR count). The minimum Gasteiger partial charge on any atom is -0.337 e. The van der Waals surface area contributed by atoms with Crippen molar-refractivity contribution in [1.29, 1.82) is 0 Å². The van der Waals surface area contributed by atoms with E-state index in [0.717, 1.165) is 21.6 Å². The fraction of sp³-hybridized carbons (Fsp3) is 0.235. The summed E-state index contributed by atoms with van der Waals surface area (Å²) in [5.41, 5.74) is 2.95. The van der Waals surface area contributed by atoms with Gasteiger partial charge in [0.1, 0.15) is 0 Å². The molecule has 20 heavy (non-hydrogen) atoms. The Hall–Kier alpha value is -1.74. The van der Waals surface area contributed by atoms with Crippen molar-refractivity contribution >= 4 is 17.7 Å². The lowest BCUT2D eigenvalue weighted by atomic mass is 10.1.